The first kappa shape index (κ1) is 16.6. The van der Waals surface area contributed by atoms with Crippen molar-refractivity contribution < 1.29 is 14.2 Å². The number of hydrogen-bond donors (Lipinski definition) is 0. The molecule has 1 aliphatic rings. The van der Waals surface area contributed by atoms with E-state index in [1.54, 1.807) is 14.0 Å². The lowest BCUT2D eigenvalue weighted by Gasteiger charge is -2.41. The predicted molar refractivity (Wildman–Crippen MR) is 88.4 cm³/mol. The van der Waals surface area contributed by atoms with Crippen LogP contribution in [-0.2, 0) is 22.4 Å². The lowest BCUT2D eigenvalue weighted by atomic mass is 9.92. The normalized spacial score (nSPS) is 21.0. The molecule has 0 saturated carbocycles. The Balaban J connectivity index is 1.77. The summed E-state index contributed by atoms with van der Waals surface area (Å²) in [5.74, 6) is 0.0523. The van der Waals surface area contributed by atoms with E-state index in [1.807, 2.05) is 23.1 Å². The Bertz CT molecular complexity index is 671. The maximum absolute atomic E-state index is 12.8. The van der Waals surface area contributed by atoms with E-state index in [1.165, 1.54) is 5.56 Å². The number of carbonyl (C=O) groups is 1. The van der Waals surface area contributed by atoms with Gasteiger partial charge in [0.15, 0.2) is 0 Å². The smallest absolute Gasteiger partial charge is 0.229 e. The van der Waals surface area contributed by atoms with E-state index in [4.69, 9.17) is 9.37 Å². The lowest BCUT2D eigenvalue weighted by Crippen LogP contribution is -2.53. The van der Waals surface area contributed by atoms with Crippen LogP contribution in [0.25, 0.3) is 0 Å². The van der Waals surface area contributed by atoms with Crippen molar-refractivity contribution in [3.8, 4) is 0 Å². The summed E-state index contributed by atoms with van der Waals surface area (Å²) in [5, 5.41) is 7.59. The van der Waals surface area contributed by atoms with Gasteiger partial charge in [-0.2, -0.15) is 0 Å². The zero-order valence-electron chi connectivity index (χ0n) is 14.1. The Labute approximate surface area is 141 Å². The van der Waals surface area contributed by atoms with Crippen molar-refractivity contribution >= 4 is 5.91 Å². The SMILES string of the molecule is CO[C@H]1CCCN(C(=O)Cc2nonc2C)[C@H]1Cc1ccccc1. The van der Waals surface area contributed by atoms with Gasteiger partial charge in [-0.15, -0.1) is 0 Å². The van der Waals surface area contributed by atoms with E-state index in [9.17, 15) is 4.79 Å². The standard InChI is InChI=1S/C18H23N3O3/c1-13-15(20-24-19-13)12-18(22)21-10-6-9-17(23-2)16(21)11-14-7-4-3-5-8-14/h3-5,7-8,16-17H,6,9-12H2,1-2H3/t16-,17-/m0/s1. The van der Waals surface area contributed by atoms with Crippen molar-refractivity contribution in [1.82, 2.24) is 15.2 Å². The first-order valence-corrected chi connectivity index (χ1v) is 8.33. The largest absolute Gasteiger partial charge is 0.379 e. The minimum atomic E-state index is 0.0406. The molecule has 1 amide bonds. The third-order valence-electron chi connectivity index (χ3n) is 4.69. The highest BCUT2D eigenvalue weighted by Gasteiger charge is 2.34. The summed E-state index contributed by atoms with van der Waals surface area (Å²) in [6, 6.07) is 10.3. The molecule has 0 radical (unpaired) electrons. The average molecular weight is 329 g/mol. The number of hydrogen-bond acceptors (Lipinski definition) is 5. The van der Waals surface area contributed by atoms with Crippen molar-refractivity contribution in [2.75, 3.05) is 13.7 Å². The number of rotatable bonds is 5. The van der Waals surface area contributed by atoms with Crippen LogP contribution >= 0.6 is 0 Å². The molecule has 2 aromatic rings. The molecule has 24 heavy (non-hydrogen) atoms. The second kappa shape index (κ2) is 7.57. The summed E-state index contributed by atoms with van der Waals surface area (Å²) in [5.41, 5.74) is 2.49. The van der Waals surface area contributed by atoms with Gasteiger partial charge in [0.25, 0.3) is 0 Å². The molecule has 1 aromatic carbocycles. The third kappa shape index (κ3) is 3.64. The first-order chi connectivity index (χ1) is 11.7. The maximum atomic E-state index is 12.8. The van der Waals surface area contributed by atoms with Gasteiger partial charge in [-0.1, -0.05) is 40.6 Å². The van der Waals surface area contributed by atoms with Gasteiger partial charge < -0.3 is 9.64 Å². The fraction of sp³-hybridized carbons (Fsp3) is 0.500. The summed E-state index contributed by atoms with van der Waals surface area (Å²) in [7, 11) is 1.72. The van der Waals surface area contributed by atoms with Crippen molar-refractivity contribution in [3.05, 3.63) is 47.3 Å². The molecule has 0 spiro atoms. The highest BCUT2D eigenvalue weighted by molar-refractivity contribution is 5.79. The Morgan fingerprint density at radius 2 is 2.12 bits per heavy atom. The fourth-order valence-corrected chi connectivity index (χ4v) is 3.36. The van der Waals surface area contributed by atoms with Crippen LogP contribution in [0.3, 0.4) is 0 Å². The minimum Gasteiger partial charge on any atom is -0.379 e. The number of ether oxygens (including phenoxy) is 1. The molecule has 2 heterocycles. The van der Waals surface area contributed by atoms with Crippen LogP contribution in [0, 0.1) is 6.92 Å². The van der Waals surface area contributed by atoms with Gasteiger partial charge in [0.1, 0.15) is 11.4 Å². The van der Waals surface area contributed by atoms with Gasteiger partial charge in [-0.25, -0.2) is 4.63 Å². The molecule has 0 N–H and O–H groups in total. The van der Waals surface area contributed by atoms with Crippen molar-refractivity contribution in [3.63, 3.8) is 0 Å². The number of aryl methyl sites for hydroxylation is 1. The van der Waals surface area contributed by atoms with E-state index in [0.29, 0.717) is 11.4 Å². The molecular weight excluding hydrogens is 306 g/mol. The highest BCUT2D eigenvalue weighted by atomic mass is 16.6. The van der Waals surface area contributed by atoms with Crippen LogP contribution < -0.4 is 0 Å². The average Bonchev–Trinajstić information content (AvgIpc) is 3.00. The highest BCUT2D eigenvalue weighted by Crippen LogP contribution is 2.24. The molecule has 1 aromatic heterocycles. The molecule has 1 saturated heterocycles. The Hall–Kier alpha value is -2.21. The van der Waals surface area contributed by atoms with Crippen LogP contribution in [0.4, 0.5) is 0 Å². The Kier molecular flexibility index (Phi) is 5.25. The first-order valence-electron chi connectivity index (χ1n) is 8.33. The quantitative estimate of drug-likeness (QED) is 0.841. The second-order valence-electron chi connectivity index (χ2n) is 6.23. The topological polar surface area (TPSA) is 68.5 Å². The van der Waals surface area contributed by atoms with Crippen molar-refractivity contribution in [1.29, 1.82) is 0 Å². The van der Waals surface area contributed by atoms with Gasteiger partial charge in [0.05, 0.1) is 18.6 Å². The second-order valence-corrected chi connectivity index (χ2v) is 6.23. The molecule has 6 nitrogen and oxygen atoms in total. The minimum absolute atomic E-state index is 0.0406. The number of benzene rings is 1. The maximum Gasteiger partial charge on any atom is 0.229 e. The molecule has 0 aliphatic carbocycles. The number of likely N-dealkylation sites (tertiary alicyclic amines) is 1. The van der Waals surface area contributed by atoms with Gasteiger partial charge in [0, 0.05) is 13.7 Å². The molecule has 1 aliphatic heterocycles. The van der Waals surface area contributed by atoms with Crippen molar-refractivity contribution in [2.24, 2.45) is 0 Å². The summed E-state index contributed by atoms with van der Waals surface area (Å²) in [6.45, 7) is 2.55. The molecule has 6 heteroatoms. The van der Waals surface area contributed by atoms with Gasteiger partial charge >= 0.3 is 0 Å². The number of nitrogens with zero attached hydrogens (tertiary/aromatic N) is 3. The van der Waals surface area contributed by atoms with E-state index in [2.05, 4.69) is 22.4 Å². The summed E-state index contributed by atoms with van der Waals surface area (Å²) < 4.78 is 10.4. The van der Waals surface area contributed by atoms with Gasteiger partial charge in [-0.05, 0) is 31.7 Å². The predicted octanol–water partition coefficient (Wildman–Crippen LogP) is 2.17. The Morgan fingerprint density at radius 3 is 2.79 bits per heavy atom. The molecule has 1 fully saturated rings. The van der Waals surface area contributed by atoms with Gasteiger partial charge in [-0.3, -0.25) is 4.79 Å². The van der Waals surface area contributed by atoms with Crippen LogP contribution in [0.5, 0.6) is 0 Å². The number of amides is 1. The summed E-state index contributed by atoms with van der Waals surface area (Å²) >= 11 is 0. The number of aromatic nitrogens is 2. The van der Waals surface area contributed by atoms with Crippen molar-refractivity contribution in [2.45, 2.75) is 44.8 Å². The van der Waals surface area contributed by atoms with Crippen LogP contribution in [-0.4, -0.2) is 46.9 Å². The fourth-order valence-electron chi connectivity index (χ4n) is 3.36. The monoisotopic (exact) mass is 329 g/mol. The molecule has 2 atom stereocenters. The van der Waals surface area contributed by atoms with Crippen LogP contribution in [0.1, 0.15) is 29.8 Å². The summed E-state index contributed by atoms with van der Waals surface area (Å²) in [6.07, 6.45) is 2.99. The van der Waals surface area contributed by atoms with E-state index >= 15 is 0 Å². The van der Waals surface area contributed by atoms with E-state index < -0.39 is 0 Å². The molecule has 0 unspecified atom stereocenters. The number of methoxy groups -OCH3 is 1. The molecule has 0 bridgehead atoms. The van der Waals surface area contributed by atoms with E-state index in [-0.39, 0.29) is 24.5 Å². The number of piperidine rings is 1. The lowest BCUT2D eigenvalue weighted by molar-refractivity contribution is -0.139. The Morgan fingerprint density at radius 1 is 1.33 bits per heavy atom. The summed E-state index contributed by atoms with van der Waals surface area (Å²) in [4.78, 5) is 14.8. The third-order valence-corrected chi connectivity index (χ3v) is 4.69. The van der Waals surface area contributed by atoms with E-state index in [0.717, 1.165) is 25.8 Å². The molecular formula is C18H23N3O3. The van der Waals surface area contributed by atoms with Crippen LogP contribution in [0.2, 0.25) is 0 Å². The zero-order chi connectivity index (χ0) is 16.9. The molecule has 128 valence electrons. The van der Waals surface area contributed by atoms with Gasteiger partial charge in [0.2, 0.25) is 5.91 Å². The molecule has 3 rings (SSSR count). The number of carbonyl (C=O) groups excluding carboxylic acids is 1. The van der Waals surface area contributed by atoms with Crippen LogP contribution in [0.15, 0.2) is 35.0 Å². The zero-order valence-corrected chi connectivity index (χ0v) is 14.1.